The van der Waals surface area contributed by atoms with Gasteiger partial charge in [0, 0.05) is 5.57 Å². The summed E-state index contributed by atoms with van der Waals surface area (Å²) in [6.07, 6.45) is -1.07. The van der Waals surface area contributed by atoms with E-state index < -0.39 is 12.1 Å². The number of esters is 1. The van der Waals surface area contributed by atoms with E-state index in [1.807, 2.05) is 19.1 Å². The lowest BCUT2D eigenvalue weighted by Gasteiger charge is -2.11. The molecular formula is C14H15FO3. The Bertz CT molecular complexity index is 520. The van der Waals surface area contributed by atoms with Crippen LogP contribution in [0.2, 0.25) is 0 Å². The van der Waals surface area contributed by atoms with Crippen LogP contribution in [0.15, 0.2) is 23.8 Å². The number of carbonyl (C=O) groups is 1. The van der Waals surface area contributed by atoms with E-state index in [4.69, 9.17) is 4.74 Å². The molecule has 0 amide bonds. The highest BCUT2D eigenvalue weighted by molar-refractivity contribution is 5.94. The highest BCUT2D eigenvalue weighted by Crippen LogP contribution is 2.38. The van der Waals surface area contributed by atoms with E-state index in [1.165, 1.54) is 7.11 Å². The molecule has 0 radical (unpaired) electrons. The molecule has 0 fully saturated rings. The molecule has 1 aliphatic rings. The third-order valence-corrected chi connectivity index (χ3v) is 3.18. The van der Waals surface area contributed by atoms with E-state index in [1.54, 1.807) is 13.2 Å². The smallest absolute Gasteiger partial charge is 0.345 e. The van der Waals surface area contributed by atoms with Crippen LogP contribution in [0.1, 0.15) is 18.1 Å². The molecule has 1 aromatic carbocycles. The average Bonchev–Trinajstić information content (AvgIpc) is 2.71. The van der Waals surface area contributed by atoms with Crippen molar-refractivity contribution in [1.29, 1.82) is 0 Å². The molecule has 0 aliphatic heterocycles. The van der Waals surface area contributed by atoms with Gasteiger partial charge >= 0.3 is 5.97 Å². The third-order valence-electron chi connectivity index (χ3n) is 3.18. The lowest BCUT2D eigenvalue weighted by Crippen LogP contribution is -2.19. The minimum atomic E-state index is -1.73. The Morgan fingerprint density at radius 3 is 2.72 bits per heavy atom. The second kappa shape index (κ2) is 4.80. The Labute approximate surface area is 105 Å². The minimum absolute atomic E-state index is 0.413. The number of carbonyl (C=O) groups excluding carboxylic acids is 1. The zero-order valence-corrected chi connectivity index (χ0v) is 10.6. The first-order chi connectivity index (χ1) is 8.58. The molecule has 3 nitrogen and oxygen atoms in total. The van der Waals surface area contributed by atoms with Crippen molar-refractivity contribution in [2.24, 2.45) is 0 Å². The summed E-state index contributed by atoms with van der Waals surface area (Å²) in [5, 5.41) is 0. The van der Waals surface area contributed by atoms with Crippen LogP contribution in [-0.4, -0.2) is 26.4 Å². The van der Waals surface area contributed by atoms with Gasteiger partial charge in [0.25, 0.3) is 0 Å². The number of ether oxygens (including phenoxy) is 2. The normalized spacial score (nSPS) is 15.3. The van der Waals surface area contributed by atoms with Gasteiger partial charge in [-0.15, -0.1) is 0 Å². The average molecular weight is 250 g/mol. The van der Waals surface area contributed by atoms with Gasteiger partial charge in [0.15, 0.2) is 0 Å². The Kier molecular flexibility index (Phi) is 3.36. The van der Waals surface area contributed by atoms with Crippen molar-refractivity contribution in [3.63, 3.8) is 0 Å². The predicted molar refractivity (Wildman–Crippen MR) is 66.2 cm³/mol. The van der Waals surface area contributed by atoms with E-state index in [9.17, 15) is 9.18 Å². The SMILES string of the molecule is COC(=O)C(F)C1=C(C)Cc2ccc(OC)cc21. The first kappa shape index (κ1) is 12.6. The summed E-state index contributed by atoms with van der Waals surface area (Å²) in [7, 11) is 2.74. The maximum atomic E-state index is 14.1. The number of methoxy groups -OCH3 is 2. The van der Waals surface area contributed by atoms with Gasteiger partial charge < -0.3 is 9.47 Å². The summed E-state index contributed by atoms with van der Waals surface area (Å²) in [6, 6.07) is 5.49. The molecule has 2 rings (SSSR count). The van der Waals surface area contributed by atoms with Crippen molar-refractivity contribution in [3.8, 4) is 5.75 Å². The second-order valence-corrected chi connectivity index (χ2v) is 4.28. The molecule has 4 heteroatoms. The Morgan fingerprint density at radius 2 is 2.11 bits per heavy atom. The molecule has 0 bridgehead atoms. The molecule has 1 aromatic rings. The van der Waals surface area contributed by atoms with Crippen LogP contribution in [0, 0.1) is 0 Å². The van der Waals surface area contributed by atoms with Crippen molar-refractivity contribution in [2.75, 3.05) is 14.2 Å². The van der Waals surface area contributed by atoms with Gasteiger partial charge in [0.05, 0.1) is 14.2 Å². The molecule has 0 saturated carbocycles. The number of alkyl halides is 1. The van der Waals surface area contributed by atoms with Crippen LogP contribution in [0.5, 0.6) is 5.75 Å². The van der Waals surface area contributed by atoms with E-state index in [-0.39, 0.29) is 0 Å². The number of benzene rings is 1. The molecule has 18 heavy (non-hydrogen) atoms. The van der Waals surface area contributed by atoms with Crippen LogP contribution < -0.4 is 4.74 Å². The summed E-state index contributed by atoms with van der Waals surface area (Å²) in [6.45, 7) is 1.83. The minimum Gasteiger partial charge on any atom is -0.497 e. The zero-order chi connectivity index (χ0) is 13.3. The molecule has 96 valence electrons. The van der Waals surface area contributed by atoms with Gasteiger partial charge in [-0.2, -0.15) is 0 Å². The van der Waals surface area contributed by atoms with Crippen LogP contribution in [-0.2, 0) is 16.0 Å². The standard InChI is InChI=1S/C14H15FO3/c1-8-6-9-4-5-10(17-2)7-11(9)12(8)13(15)14(16)18-3/h4-5,7,13H,6H2,1-3H3. The second-order valence-electron chi connectivity index (χ2n) is 4.28. The van der Waals surface area contributed by atoms with Crippen molar-refractivity contribution >= 4 is 11.5 Å². The molecule has 0 N–H and O–H groups in total. The Balaban J connectivity index is 2.44. The van der Waals surface area contributed by atoms with Gasteiger partial charge in [0.2, 0.25) is 6.17 Å². The topological polar surface area (TPSA) is 35.5 Å². The van der Waals surface area contributed by atoms with Crippen molar-refractivity contribution < 1.29 is 18.7 Å². The van der Waals surface area contributed by atoms with Gasteiger partial charge in [-0.3, -0.25) is 0 Å². The highest BCUT2D eigenvalue weighted by atomic mass is 19.1. The lowest BCUT2D eigenvalue weighted by molar-refractivity contribution is -0.144. The van der Waals surface area contributed by atoms with E-state index in [2.05, 4.69) is 4.74 Å². The van der Waals surface area contributed by atoms with Gasteiger partial charge in [-0.25, -0.2) is 9.18 Å². The van der Waals surface area contributed by atoms with Crippen LogP contribution in [0.25, 0.3) is 5.57 Å². The zero-order valence-electron chi connectivity index (χ0n) is 10.6. The van der Waals surface area contributed by atoms with E-state index >= 15 is 0 Å². The number of allylic oxidation sites excluding steroid dienone is 1. The molecule has 1 atom stereocenters. The summed E-state index contributed by atoms with van der Waals surface area (Å²) >= 11 is 0. The maximum Gasteiger partial charge on any atom is 0.345 e. The predicted octanol–water partition coefficient (Wildman–Crippen LogP) is 2.54. The van der Waals surface area contributed by atoms with Crippen molar-refractivity contribution in [1.82, 2.24) is 0 Å². The van der Waals surface area contributed by atoms with Crippen molar-refractivity contribution in [2.45, 2.75) is 19.5 Å². The quantitative estimate of drug-likeness (QED) is 0.773. The highest BCUT2D eigenvalue weighted by Gasteiger charge is 2.31. The maximum absolute atomic E-state index is 14.1. The molecule has 0 aromatic heterocycles. The fourth-order valence-corrected chi connectivity index (χ4v) is 2.27. The van der Waals surface area contributed by atoms with Gasteiger partial charge in [-0.1, -0.05) is 11.6 Å². The fraction of sp³-hybridized carbons (Fsp3) is 0.357. The first-order valence-electron chi connectivity index (χ1n) is 5.67. The first-order valence-corrected chi connectivity index (χ1v) is 5.67. The molecule has 0 saturated heterocycles. The molecule has 0 heterocycles. The Hall–Kier alpha value is -1.84. The summed E-state index contributed by atoms with van der Waals surface area (Å²) in [5.74, 6) is -0.210. The fourth-order valence-electron chi connectivity index (χ4n) is 2.27. The Morgan fingerprint density at radius 1 is 1.39 bits per heavy atom. The van der Waals surface area contributed by atoms with Gasteiger partial charge in [0.1, 0.15) is 5.75 Å². The number of rotatable bonds is 3. The number of halogens is 1. The number of fused-ring (bicyclic) bond motifs is 1. The van der Waals surface area contributed by atoms with Crippen LogP contribution in [0.3, 0.4) is 0 Å². The van der Waals surface area contributed by atoms with E-state index in [0.717, 1.165) is 16.7 Å². The van der Waals surface area contributed by atoms with Gasteiger partial charge in [-0.05, 0) is 36.6 Å². The largest absolute Gasteiger partial charge is 0.497 e. The number of hydrogen-bond acceptors (Lipinski definition) is 3. The summed E-state index contributed by atoms with van der Waals surface area (Å²) in [5.41, 5.74) is 3.02. The lowest BCUT2D eigenvalue weighted by atomic mass is 10.0. The molecule has 1 unspecified atom stereocenters. The number of hydrogen-bond donors (Lipinski definition) is 0. The van der Waals surface area contributed by atoms with Crippen molar-refractivity contribution in [3.05, 3.63) is 34.9 Å². The van der Waals surface area contributed by atoms with E-state index in [0.29, 0.717) is 17.7 Å². The van der Waals surface area contributed by atoms with Crippen LogP contribution in [0.4, 0.5) is 4.39 Å². The molecule has 1 aliphatic carbocycles. The third kappa shape index (κ3) is 1.98. The summed E-state index contributed by atoms with van der Waals surface area (Å²) < 4.78 is 23.7. The monoisotopic (exact) mass is 250 g/mol. The molecule has 0 spiro atoms. The molecular weight excluding hydrogens is 235 g/mol. The summed E-state index contributed by atoms with van der Waals surface area (Å²) in [4.78, 5) is 11.3. The van der Waals surface area contributed by atoms with Crippen LogP contribution >= 0.6 is 0 Å².